The number of rotatable bonds is 5. The van der Waals surface area contributed by atoms with Gasteiger partial charge >= 0.3 is 0 Å². The van der Waals surface area contributed by atoms with Crippen LogP contribution in [-0.2, 0) is 21.4 Å². The first-order valence-corrected chi connectivity index (χ1v) is 12.8. The molecule has 184 valence electrons. The Morgan fingerprint density at radius 2 is 2.09 bits per heavy atom. The number of hydrogen-bond donors (Lipinski definition) is 2. The number of carbonyl (C=O) groups is 1. The molecule has 1 aromatic rings. The minimum absolute atomic E-state index is 0.0518. The summed E-state index contributed by atoms with van der Waals surface area (Å²) in [5, 5.41) is 19.7. The molecule has 8 nitrogen and oxygen atoms in total. The molecule has 4 aliphatic heterocycles. The largest absolute Gasteiger partial charge is 0.493 e. The van der Waals surface area contributed by atoms with Gasteiger partial charge in [0.2, 0.25) is 5.91 Å². The maximum absolute atomic E-state index is 12.2. The normalized spacial score (nSPS) is 25.7. The van der Waals surface area contributed by atoms with E-state index in [1.54, 1.807) is 13.2 Å². The summed E-state index contributed by atoms with van der Waals surface area (Å²) in [4.78, 5) is 16.1. The fraction of sp³-hybridized carbons (Fsp3) is 0.519. The third-order valence-corrected chi connectivity index (χ3v) is 7.93. The van der Waals surface area contributed by atoms with Gasteiger partial charge in [-0.3, -0.25) is 15.2 Å². The fourth-order valence-corrected chi connectivity index (χ4v) is 5.54. The van der Waals surface area contributed by atoms with Crippen molar-refractivity contribution in [1.29, 1.82) is 5.41 Å². The summed E-state index contributed by atoms with van der Waals surface area (Å²) in [5.74, 6) is 0.539. The third-order valence-electron chi connectivity index (χ3n) is 7.93. The number of carbonyl (C=O) groups excluding carboxylic acids is 1. The van der Waals surface area contributed by atoms with Crippen LogP contribution in [0.1, 0.15) is 50.7 Å². The summed E-state index contributed by atoms with van der Waals surface area (Å²) in [6.45, 7) is 7.33. The second-order valence-corrected chi connectivity index (χ2v) is 10.7. The smallest absolute Gasteiger partial charge is 0.219 e. The predicted octanol–water partition coefficient (Wildman–Crippen LogP) is 3.11. The van der Waals surface area contributed by atoms with Crippen LogP contribution in [0, 0.1) is 5.41 Å². The number of ether oxygens (including phenoxy) is 1. The van der Waals surface area contributed by atoms with Crippen molar-refractivity contribution in [3.8, 4) is 0 Å². The second kappa shape index (κ2) is 8.43. The molecule has 0 aromatic heterocycles. The second-order valence-electron chi connectivity index (χ2n) is 10.7. The van der Waals surface area contributed by atoms with Gasteiger partial charge in [0.15, 0.2) is 0 Å². The standard InChI is InChI=1S/C27H34N6O2/c1-18(34)31-11-9-24(30-21-14-35-15-21)23(13-31)26(28)32-10-3-4-19-12-20(5-8-25(19)32)27(2)16-29-33(17-27)22-6-7-22/h5,8,12,14,16,22,28,30H,3-4,6-7,9-11,13,15,17H2,1-2H3. The van der Waals surface area contributed by atoms with E-state index in [0.29, 0.717) is 38.0 Å². The first-order valence-electron chi connectivity index (χ1n) is 12.8. The van der Waals surface area contributed by atoms with Crippen molar-refractivity contribution in [3.05, 3.63) is 52.6 Å². The van der Waals surface area contributed by atoms with Crippen molar-refractivity contribution in [3.63, 3.8) is 0 Å². The number of benzene rings is 1. The number of nitrogens with zero attached hydrogens (tertiary/aromatic N) is 4. The molecule has 1 atom stereocenters. The molecule has 0 radical (unpaired) electrons. The van der Waals surface area contributed by atoms with Gasteiger partial charge in [-0.05, 0) is 49.8 Å². The lowest BCUT2D eigenvalue weighted by atomic mass is 9.82. The average Bonchev–Trinajstić information content (AvgIpc) is 3.61. The van der Waals surface area contributed by atoms with Gasteiger partial charge in [-0.1, -0.05) is 12.1 Å². The number of hydrogen-bond acceptors (Lipinski definition) is 6. The van der Waals surface area contributed by atoms with Gasteiger partial charge in [0.05, 0.1) is 18.8 Å². The van der Waals surface area contributed by atoms with Crippen molar-refractivity contribution in [2.45, 2.75) is 57.4 Å². The number of aryl methyl sites for hydroxylation is 1. The highest BCUT2D eigenvalue weighted by Crippen LogP contribution is 2.38. The highest BCUT2D eigenvalue weighted by atomic mass is 16.5. The molecule has 0 saturated heterocycles. The van der Waals surface area contributed by atoms with Gasteiger partial charge in [-0.2, -0.15) is 5.10 Å². The quantitative estimate of drug-likeness (QED) is 0.506. The highest BCUT2D eigenvalue weighted by molar-refractivity contribution is 6.09. The summed E-state index contributed by atoms with van der Waals surface area (Å²) >= 11 is 0. The van der Waals surface area contributed by atoms with E-state index in [9.17, 15) is 10.2 Å². The monoisotopic (exact) mass is 474 g/mol. The molecular formula is C27H34N6O2. The minimum atomic E-state index is -0.0725. The van der Waals surface area contributed by atoms with Crippen LogP contribution in [0.25, 0.3) is 0 Å². The van der Waals surface area contributed by atoms with Crippen molar-refractivity contribution in [2.75, 3.05) is 37.7 Å². The molecule has 1 unspecified atom stereocenters. The lowest BCUT2D eigenvalue weighted by Gasteiger charge is -2.37. The van der Waals surface area contributed by atoms with E-state index in [1.807, 2.05) is 4.90 Å². The molecule has 35 heavy (non-hydrogen) atoms. The van der Waals surface area contributed by atoms with E-state index >= 15 is 0 Å². The molecule has 6 rings (SSSR count). The van der Waals surface area contributed by atoms with E-state index in [0.717, 1.165) is 48.6 Å². The number of amides is 1. The van der Waals surface area contributed by atoms with Crippen LogP contribution in [0.4, 0.5) is 5.69 Å². The number of anilines is 1. The Morgan fingerprint density at radius 1 is 1.26 bits per heavy atom. The number of hydrazone groups is 1. The molecular weight excluding hydrogens is 440 g/mol. The lowest BCUT2D eigenvalue weighted by molar-refractivity contribution is -0.128. The number of amidine groups is 1. The molecule has 4 heterocycles. The van der Waals surface area contributed by atoms with Crippen LogP contribution in [0.5, 0.6) is 0 Å². The van der Waals surface area contributed by atoms with Crippen LogP contribution >= 0.6 is 0 Å². The zero-order valence-electron chi connectivity index (χ0n) is 20.6. The Morgan fingerprint density at radius 3 is 2.80 bits per heavy atom. The van der Waals surface area contributed by atoms with Crippen molar-refractivity contribution < 1.29 is 9.53 Å². The Balaban J connectivity index is 1.28. The Bertz CT molecular complexity index is 1170. The zero-order chi connectivity index (χ0) is 24.2. The Labute approximate surface area is 206 Å². The van der Waals surface area contributed by atoms with Gasteiger partial charge in [-0.25, -0.2) is 0 Å². The van der Waals surface area contributed by atoms with Crippen LogP contribution in [0.3, 0.4) is 0 Å². The van der Waals surface area contributed by atoms with Crippen LogP contribution in [-0.4, -0.2) is 66.7 Å². The SMILES string of the molecule is CC(=O)N1CCC(NC2=COC2)=C(C(=N)N2CCCc3cc(C4(C)C=NN(C5CC5)C4)ccc32)C1. The molecule has 0 spiro atoms. The van der Waals surface area contributed by atoms with Crippen LogP contribution in [0.15, 0.2) is 46.5 Å². The van der Waals surface area contributed by atoms with E-state index in [4.69, 9.17) is 9.84 Å². The van der Waals surface area contributed by atoms with E-state index in [-0.39, 0.29) is 11.3 Å². The zero-order valence-corrected chi connectivity index (χ0v) is 20.6. The van der Waals surface area contributed by atoms with E-state index < -0.39 is 0 Å². The minimum Gasteiger partial charge on any atom is -0.493 e. The fourth-order valence-electron chi connectivity index (χ4n) is 5.54. The lowest BCUT2D eigenvalue weighted by Crippen LogP contribution is -2.45. The van der Waals surface area contributed by atoms with Gasteiger partial charge < -0.3 is 19.9 Å². The summed E-state index contributed by atoms with van der Waals surface area (Å²) in [6, 6.07) is 7.38. The van der Waals surface area contributed by atoms with Crippen LogP contribution < -0.4 is 10.2 Å². The summed E-state index contributed by atoms with van der Waals surface area (Å²) in [5.41, 5.74) is 6.58. The van der Waals surface area contributed by atoms with Crippen molar-refractivity contribution >= 4 is 23.6 Å². The summed E-state index contributed by atoms with van der Waals surface area (Å²) in [6.07, 6.45) is 9.09. The molecule has 5 aliphatic rings. The molecule has 1 amide bonds. The van der Waals surface area contributed by atoms with Crippen molar-refractivity contribution in [1.82, 2.24) is 15.2 Å². The van der Waals surface area contributed by atoms with Gasteiger partial charge in [0.1, 0.15) is 18.7 Å². The number of nitrogens with one attached hydrogen (secondary N) is 2. The first kappa shape index (κ1) is 22.2. The predicted molar refractivity (Wildman–Crippen MR) is 136 cm³/mol. The molecule has 1 saturated carbocycles. The maximum Gasteiger partial charge on any atom is 0.219 e. The molecule has 1 aliphatic carbocycles. The van der Waals surface area contributed by atoms with E-state index in [2.05, 4.69) is 46.6 Å². The number of fused-ring (bicyclic) bond motifs is 1. The van der Waals surface area contributed by atoms with Crippen LogP contribution in [0.2, 0.25) is 0 Å². The van der Waals surface area contributed by atoms with E-state index in [1.165, 1.54) is 24.0 Å². The van der Waals surface area contributed by atoms with Gasteiger partial charge in [0, 0.05) is 61.1 Å². The molecule has 2 N–H and O–H groups in total. The topological polar surface area (TPSA) is 84.3 Å². The highest BCUT2D eigenvalue weighted by Gasteiger charge is 2.39. The Hall–Kier alpha value is -3.29. The van der Waals surface area contributed by atoms with Crippen molar-refractivity contribution in [2.24, 2.45) is 5.10 Å². The molecule has 8 heteroatoms. The molecule has 0 bridgehead atoms. The third kappa shape index (κ3) is 4.09. The summed E-state index contributed by atoms with van der Waals surface area (Å²) in [7, 11) is 0. The summed E-state index contributed by atoms with van der Waals surface area (Å²) < 4.78 is 5.19. The van der Waals surface area contributed by atoms with Gasteiger partial charge in [0.25, 0.3) is 0 Å². The first-order chi connectivity index (χ1) is 16.9. The maximum atomic E-state index is 12.2. The molecule has 1 fully saturated rings. The van der Waals surface area contributed by atoms with Gasteiger partial charge in [-0.15, -0.1) is 0 Å². The Kier molecular flexibility index (Phi) is 5.34. The molecule has 1 aromatic carbocycles. The average molecular weight is 475 g/mol.